The maximum Gasteiger partial charge on any atom is 0.356 e. The van der Waals surface area contributed by atoms with E-state index < -0.39 is 17.8 Å². The maximum atomic E-state index is 14.4. The number of urea groups is 1. The number of pyridine rings is 1. The fourth-order valence-electron chi connectivity index (χ4n) is 2.49. The molecular weight excluding hydrogens is 413 g/mol. The van der Waals surface area contributed by atoms with Gasteiger partial charge in [0.25, 0.3) is 0 Å². The van der Waals surface area contributed by atoms with Gasteiger partial charge in [0.05, 0.1) is 12.8 Å². The maximum absolute atomic E-state index is 14.4. The van der Waals surface area contributed by atoms with E-state index in [1.165, 1.54) is 37.6 Å². The summed E-state index contributed by atoms with van der Waals surface area (Å²) in [5.41, 5.74) is 1.35. The van der Waals surface area contributed by atoms with Crippen molar-refractivity contribution in [3.8, 4) is 11.5 Å². The van der Waals surface area contributed by atoms with Gasteiger partial charge in [-0.25, -0.2) is 19.0 Å². The van der Waals surface area contributed by atoms with E-state index in [2.05, 4.69) is 20.4 Å². The Labute approximate surface area is 176 Å². The number of methoxy groups -OCH3 is 1. The normalized spacial score (nSPS) is 10.3. The van der Waals surface area contributed by atoms with Crippen LogP contribution in [-0.4, -0.2) is 24.1 Å². The first-order chi connectivity index (χ1) is 14.4. The molecule has 2 amide bonds. The van der Waals surface area contributed by atoms with Crippen molar-refractivity contribution >= 4 is 35.0 Å². The lowest BCUT2D eigenvalue weighted by molar-refractivity contribution is 0.0593. The van der Waals surface area contributed by atoms with Gasteiger partial charge in [-0.15, -0.1) is 0 Å². The van der Waals surface area contributed by atoms with Gasteiger partial charge in [-0.3, -0.25) is 0 Å². The number of aryl methyl sites for hydroxylation is 1. The van der Waals surface area contributed by atoms with Crippen LogP contribution in [0.1, 0.15) is 16.1 Å². The zero-order chi connectivity index (χ0) is 21.7. The number of benzene rings is 2. The van der Waals surface area contributed by atoms with E-state index in [-0.39, 0.29) is 22.9 Å². The Morgan fingerprint density at radius 2 is 1.80 bits per heavy atom. The fourth-order valence-corrected chi connectivity index (χ4v) is 2.61. The molecule has 0 aliphatic heterocycles. The minimum atomic E-state index is -0.697. The van der Waals surface area contributed by atoms with Crippen molar-refractivity contribution in [2.45, 2.75) is 6.92 Å². The summed E-state index contributed by atoms with van der Waals surface area (Å²) in [4.78, 5) is 27.5. The molecule has 3 rings (SSSR count). The molecule has 2 aromatic carbocycles. The number of hydrogen-bond acceptors (Lipinski definition) is 5. The van der Waals surface area contributed by atoms with Crippen LogP contribution in [0.2, 0.25) is 5.02 Å². The van der Waals surface area contributed by atoms with Gasteiger partial charge in [0.15, 0.2) is 5.69 Å². The lowest BCUT2D eigenvalue weighted by Crippen LogP contribution is -2.20. The molecule has 0 aliphatic rings. The number of aromatic nitrogens is 1. The van der Waals surface area contributed by atoms with E-state index in [4.69, 9.17) is 16.3 Å². The molecule has 0 radical (unpaired) electrons. The highest BCUT2D eigenvalue weighted by atomic mass is 35.5. The number of nitrogens with one attached hydrogen (secondary N) is 2. The number of rotatable bonds is 5. The number of anilines is 2. The summed E-state index contributed by atoms with van der Waals surface area (Å²) < 4.78 is 24.5. The molecule has 7 nitrogen and oxygen atoms in total. The predicted molar refractivity (Wildman–Crippen MR) is 111 cm³/mol. The molecule has 0 spiro atoms. The van der Waals surface area contributed by atoms with Gasteiger partial charge in [0, 0.05) is 29.0 Å². The third kappa shape index (κ3) is 5.24. The Balaban J connectivity index is 1.67. The average Bonchev–Trinajstić information content (AvgIpc) is 2.72. The zero-order valence-corrected chi connectivity index (χ0v) is 16.8. The van der Waals surface area contributed by atoms with Crippen molar-refractivity contribution in [3.63, 3.8) is 0 Å². The van der Waals surface area contributed by atoms with Crippen molar-refractivity contribution in [2.24, 2.45) is 0 Å². The van der Waals surface area contributed by atoms with Crippen molar-refractivity contribution in [1.82, 2.24) is 4.98 Å². The van der Waals surface area contributed by atoms with Gasteiger partial charge < -0.3 is 20.1 Å². The summed E-state index contributed by atoms with van der Waals surface area (Å²) in [5.74, 6) is -0.861. The average molecular weight is 430 g/mol. The van der Waals surface area contributed by atoms with Crippen LogP contribution < -0.4 is 15.4 Å². The first-order valence-electron chi connectivity index (χ1n) is 8.71. The van der Waals surface area contributed by atoms with Crippen LogP contribution in [0.5, 0.6) is 11.5 Å². The standard InChI is InChI=1S/C21H17ClFN3O4/c1-12-9-13(3-5-16(12)22)25-21(28)26-18-6-4-14(10-17(18)23)30-15-7-8-24-19(11-15)20(27)29-2/h3-11H,1-2H3,(H2,25,26,28). The highest BCUT2D eigenvalue weighted by Crippen LogP contribution is 2.26. The second kappa shape index (κ2) is 9.23. The van der Waals surface area contributed by atoms with E-state index in [0.29, 0.717) is 10.7 Å². The van der Waals surface area contributed by atoms with Crippen molar-refractivity contribution in [3.05, 3.63) is 76.8 Å². The number of esters is 1. The van der Waals surface area contributed by atoms with Gasteiger partial charge in [-0.05, 0) is 48.9 Å². The lowest BCUT2D eigenvalue weighted by atomic mass is 10.2. The Hall–Kier alpha value is -3.65. The highest BCUT2D eigenvalue weighted by molar-refractivity contribution is 6.31. The van der Waals surface area contributed by atoms with E-state index in [0.717, 1.165) is 11.6 Å². The fraction of sp³-hybridized carbons (Fsp3) is 0.0952. The molecule has 3 aromatic rings. The number of carbonyl (C=O) groups is 2. The SMILES string of the molecule is COC(=O)c1cc(Oc2ccc(NC(=O)Nc3ccc(Cl)c(C)c3)c(F)c2)ccn1. The van der Waals surface area contributed by atoms with E-state index in [9.17, 15) is 14.0 Å². The van der Waals surface area contributed by atoms with Gasteiger partial charge in [0.2, 0.25) is 0 Å². The molecule has 0 unspecified atom stereocenters. The van der Waals surface area contributed by atoms with Crippen molar-refractivity contribution in [1.29, 1.82) is 0 Å². The molecule has 0 saturated carbocycles. The van der Waals surface area contributed by atoms with Crippen LogP contribution in [-0.2, 0) is 4.74 Å². The van der Waals surface area contributed by atoms with Crippen LogP contribution in [0.4, 0.5) is 20.6 Å². The van der Waals surface area contributed by atoms with Gasteiger partial charge in [-0.2, -0.15) is 0 Å². The van der Waals surface area contributed by atoms with Crippen LogP contribution in [0.15, 0.2) is 54.7 Å². The molecule has 154 valence electrons. The molecule has 0 fully saturated rings. The van der Waals surface area contributed by atoms with Crippen molar-refractivity contribution < 1.29 is 23.5 Å². The molecule has 0 aliphatic carbocycles. The lowest BCUT2D eigenvalue weighted by Gasteiger charge is -2.11. The first-order valence-corrected chi connectivity index (χ1v) is 9.09. The Morgan fingerprint density at radius 1 is 1.03 bits per heavy atom. The molecular formula is C21H17ClFN3O4. The smallest absolute Gasteiger partial charge is 0.356 e. The predicted octanol–water partition coefficient (Wildman–Crippen LogP) is 5.41. The van der Waals surface area contributed by atoms with Crippen molar-refractivity contribution in [2.75, 3.05) is 17.7 Å². The molecule has 9 heteroatoms. The summed E-state index contributed by atoms with van der Waals surface area (Å²) in [6.07, 6.45) is 1.37. The third-order valence-electron chi connectivity index (χ3n) is 3.97. The second-order valence-corrected chi connectivity index (χ2v) is 6.56. The molecule has 2 N–H and O–H groups in total. The Morgan fingerprint density at radius 3 is 2.50 bits per heavy atom. The summed E-state index contributed by atoms with van der Waals surface area (Å²) in [7, 11) is 1.24. The Bertz CT molecular complexity index is 1110. The molecule has 1 heterocycles. The van der Waals surface area contributed by atoms with Gasteiger partial charge in [-0.1, -0.05) is 11.6 Å². The van der Waals surface area contributed by atoms with E-state index >= 15 is 0 Å². The number of hydrogen-bond donors (Lipinski definition) is 2. The van der Waals surface area contributed by atoms with Crippen LogP contribution in [0.3, 0.4) is 0 Å². The summed E-state index contributed by atoms with van der Waals surface area (Å²) in [6.45, 7) is 1.81. The molecule has 0 saturated heterocycles. The number of amides is 2. The molecule has 0 atom stereocenters. The van der Waals surface area contributed by atoms with Crippen LogP contribution in [0, 0.1) is 12.7 Å². The van der Waals surface area contributed by atoms with E-state index in [1.54, 1.807) is 25.1 Å². The van der Waals surface area contributed by atoms with Gasteiger partial charge in [0.1, 0.15) is 17.3 Å². The number of carbonyl (C=O) groups excluding carboxylic acids is 2. The Kier molecular flexibility index (Phi) is 6.48. The summed E-state index contributed by atoms with van der Waals surface area (Å²) >= 11 is 5.96. The van der Waals surface area contributed by atoms with Gasteiger partial charge >= 0.3 is 12.0 Å². The summed E-state index contributed by atoms with van der Waals surface area (Å²) in [6, 6.07) is 11.2. The minimum Gasteiger partial charge on any atom is -0.464 e. The number of ether oxygens (including phenoxy) is 2. The van der Waals surface area contributed by atoms with Crippen LogP contribution >= 0.6 is 11.6 Å². The molecule has 1 aromatic heterocycles. The third-order valence-corrected chi connectivity index (χ3v) is 4.39. The monoisotopic (exact) mass is 429 g/mol. The molecule has 0 bridgehead atoms. The zero-order valence-electron chi connectivity index (χ0n) is 16.0. The minimum absolute atomic E-state index is 0.0319. The molecule has 30 heavy (non-hydrogen) atoms. The topological polar surface area (TPSA) is 89.5 Å². The van der Waals surface area contributed by atoms with Crippen LogP contribution in [0.25, 0.3) is 0 Å². The van der Waals surface area contributed by atoms with E-state index in [1.807, 2.05) is 0 Å². The number of nitrogens with zero attached hydrogens (tertiary/aromatic N) is 1. The summed E-state index contributed by atoms with van der Waals surface area (Å²) in [5, 5.41) is 5.62. The quantitative estimate of drug-likeness (QED) is 0.529. The second-order valence-electron chi connectivity index (χ2n) is 6.16. The highest BCUT2D eigenvalue weighted by Gasteiger charge is 2.12. The largest absolute Gasteiger partial charge is 0.464 e. The first kappa shape index (κ1) is 21.1. The number of halogens is 2.